The highest BCUT2D eigenvalue weighted by Gasteiger charge is 2.33. The van der Waals surface area contributed by atoms with Crippen LogP contribution in [0.2, 0.25) is 0 Å². The van der Waals surface area contributed by atoms with Crippen molar-refractivity contribution in [3.05, 3.63) is 36.0 Å². The van der Waals surface area contributed by atoms with Crippen LogP contribution >= 0.6 is 0 Å². The Hall–Kier alpha value is -3.38. The van der Waals surface area contributed by atoms with E-state index in [9.17, 15) is 17.6 Å². The molecule has 2 aromatic heterocycles. The van der Waals surface area contributed by atoms with Crippen molar-refractivity contribution < 1.29 is 26.7 Å². The summed E-state index contributed by atoms with van der Waals surface area (Å²) in [6, 6.07) is 5.07. The Morgan fingerprint density at radius 2 is 2.09 bits per heavy atom. The van der Waals surface area contributed by atoms with Crippen LogP contribution in [0.15, 0.2) is 28.7 Å². The summed E-state index contributed by atoms with van der Waals surface area (Å²) in [5.74, 6) is 0.0938. The Labute approximate surface area is 193 Å². The topological polar surface area (TPSA) is 94.1 Å². The zero-order valence-corrected chi connectivity index (χ0v) is 18.7. The molecule has 34 heavy (non-hydrogen) atoms. The van der Waals surface area contributed by atoms with E-state index in [-0.39, 0.29) is 29.7 Å². The maximum absolute atomic E-state index is 13.5. The molecule has 3 aromatic rings. The molecule has 1 N–H and O–H groups in total. The maximum atomic E-state index is 13.5. The van der Waals surface area contributed by atoms with Crippen LogP contribution in [0.5, 0.6) is 11.8 Å². The van der Waals surface area contributed by atoms with Gasteiger partial charge in [0.25, 0.3) is 0 Å². The third-order valence-electron chi connectivity index (χ3n) is 5.57. The number of hydrogen-bond acceptors (Lipinski definition) is 8. The van der Waals surface area contributed by atoms with Crippen molar-refractivity contribution in [1.82, 2.24) is 25.0 Å². The number of aryl methyl sites for hydroxylation is 1. The van der Waals surface area contributed by atoms with Crippen molar-refractivity contribution in [2.45, 2.75) is 51.9 Å². The summed E-state index contributed by atoms with van der Waals surface area (Å²) in [6.45, 7) is 3.60. The Kier molecular flexibility index (Phi) is 6.89. The van der Waals surface area contributed by atoms with Crippen LogP contribution in [0, 0.1) is 18.7 Å². The molecule has 2 unspecified atom stereocenters. The lowest BCUT2D eigenvalue weighted by Gasteiger charge is -2.26. The fourth-order valence-corrected chi connectivity index (χ4v) is 4.02. The van der Waals surface area contributed by atoms with Gasteiger partial charge in [0, 0.05) is 32.1 Å². The molecule has 13 heteroatoms. The third kappa shape index (κ3) is 5.94. The van der Waals surface area contributed by atoms with E-state index in [1.54, 1.807) is 6.92 Å². The van der Waals surface area contributed by atoms with Crippen molar-refractivity contribution in [3.8, 4) is 11.8 Å². The number of hydrogen-bond donors (Lipinski definition) is 1. The lowest BCUT2D eigenvalue weighted by Crippen LogP contribution is -2.36. The normalized spacial score (nSPS) is 18.3. The average Bonchev–Trinajstić information content (AvgIpc) is 3.47. The molecule has 9 nitrogen and oxygen atoms in total. The summed E-state index contributed by atoms with van der Waals surface area (Å²) < 4.78 is 64.4. The quantitative estimate of drug-likeness (QED) is 0.443. The first-order chi connectivity index (χ1) is 16.2. The number of nitrogens with zero attached hydrogens (tertiary/aromatic N) is 6. The number of ether oxygens (including phenoxy) is 1. The summed E-state index contributed by atoms with van der Waals surface area (Å²) in [5, 5.41) is 15.1. The van der Waals surface area contributed by atoms with E-state index in [1.165, 1.54) is 18.2 Å². The predicted molar refractivity (Wildman–Crippen MR) is 114 cm³/mol. The molecular weight excluding hydrogens is 458 g/mol. The molecule has 184 valence electrons. The van der Waals surface area contributed by atoms with Crippen LogP contribution in [0.25, 0.3) is 0 Å². The highest BCUT2D eigenvalue weighted by atomic mass is 19.4. The van der Waals surface area contributed by atoms with Gasteiger partial charge in [-0.2, -0.15) is 18.2 Å². The number of halogens is 4. The Morgan fingerprint density at radius 1 is 1.26 bits per heavy atom. The summed E-state index contributed by atoms with van der Waals surface area (Å²) in [5.41, 5.74) is 0. The van der Waals surface area contributed by atoms with E-state index in [2.05, 4.69) is 25.6 Å². The molecule has 1 aliphatic carbocycles. The number of benzene rings is 1. The molecule has 2 atom stereocenters. The molecule has 0 amide bonds. The van der Waals surface area contributed by atoms with Gasteiger partial charge >= 0.3 is 18.2 Å². The Balaban J connectivity index is 1.50. The minimum Gasteiger partial charge on any atom is -0.424 e. The molecule has 1 aliphatic rings. The summed E-state index contributed by atoms with van der Waals surface area (Å²) in [6.07, 6.45) is -1.88. The smallest absolute Gasteiger partial charge is 0.408 e. The standard InChI is InChI=1S/C21H25F4N7O2/c1-3-31(20-29-28-13(2)33-20)11-14-6-4-9-17(14)26-18-27-19(32(30-18)12-21(23,24)25)34-16-8-5-7-15(22)10-16/h5,7-8,10,14,17H,3-4,6,9,11-12H2,1-2H3,(H,26,30). The first-order valence-electron chi connectivity index (χ1n) is 11.0. The highest BCUT2D eigenvalue weighted by Crippen LogP contribution is 2.31. The summed E-state index contributed by atoms with van der Waals surface area (Å²) in [4.78, 5) is 6.09. The molecule has 1 aromatic carbocycles. The molecule has 2 heterocycles. The van der Waals surface area contributed by atoms with E-state index in [1.807, 2.05) is 11.8 Å². The first kappa shape index (κ1) is 23.8. The minimum atomic E-state index is -4.54. The minimum absolute atomic E-state index is 0.0178. The van der Waals surface area contributed by atoms with Crippen molar-refractivity contribution in [2.75, 3.05) is 23.3 Å². The van der Waals surface area contributed by atoms with Crippen molar-refractivity contribution >= 4 is 12.0 Å². The van der Waals surface area contributed by atoms with Gasteiger partial charge in [-0.1, -0.05) is 17.6 Å². The summed E-state index contributed by atoms with van der Waals surface area (Å²) in [7, 11) is 0. The summed E-state index contributed by atoms with van der Waals surface area (Å²) >= 11 is 0. The van der Waals surface area contributed by atoms with Gasteiger partial charge in [0.2, 0.25) is 11.8 Å². The lowest BCUT2D eigenvalue weighted by molar-refractivity contribution is -0.143. The van der Waals surface area contributed by atoms with E-state index in [0.717, 1.165) is 25.3 Å². The van der Waals surface area contributed by atoms with Gasteiger partial charge in [-0.3, -0.25) is 0 Å². The third-order valence-corrected chi connectivity index (χ3v) is 5.57. The second-order valence-electron chi connectivity index (χ2n) is 8.13. The van der Waals surface area contributed by atoms with Crippen LogP contribution in [0.3, 0.4) is 0 Å². The van der Waals surface area contributed by atoms with Gasteiger partial charge in [-0.15, -0.1) is 10.2 Å². The van der Waals surface area contributed by atoms with Crippen LogP contribution in [-0.2, 0) is 6.54 Å². The van der Waals surface area contributed by atoms with E-state index >= 15 is 0 Å². The molecular formula is C21H25F4N7O2. The largest absolute Gasteiger partial charge is 0.424 e. The van der Waals surface area contributed by atoms with Crippen LogP contribution in [0.4, 0.5) is 29.5 Å². The zero-order chi connectivity index (χ0) is 24.3. The van der Waals surface area contributed by atoms with Gasteiger partial charge in [0.15, 0.2) is 0 Å². The lowest BCUT2D eigenvalue weighted by atomic mass is 10.0. The molecule has 1 fully saturated rings. The average molecular weight is 483 g/mol. The van der Waals surface area contributed by atoms with Gasteiger partial charge in [-0.25, -0.2) is 9.07 Å². The van der Waals surface area contributed by atoms with Crippen LogP contribution in [0.1, 0.15) is 32.1 Å². The monoisotopic (exact) mass is 483 g/mol. The van der Waals surface area contributed by atoms with Gasteiger partial charge in [-0.05, 0) is 37.8 Å². The number of nitrogens with one attached hydrogen (secondary N) is 1. The van der Waals surface area contributed by atoms with Gasteiger partial charge in [0.05, 0.1) is 0 Å². The Bertz CT molecular complexity index is 1100. The highest BCUT2D eigenvalue weighted by molar-refractivity contribution is 5.32. The van der Waals surface area contributed by atoms with E-state index < -0.39 is 18.5 Å². The van der Waals surface area contributed by atoms with Gasteiger partial charge < -0.3 is 19.4 Å². The fourth-order valence-electron chi connectivity index (χ4n) is 4.02. The SMILES string of the molecule is CCN(CC1CCCC1Nc1nc(Oc2cccc(F)c2)n(CC(F)(F)F)n1)c1nnc(C)o1. The van der Waals surface area contributed by atoms with Gasteiger partial charge in [0.1, 0.15) is 18.1 Å². The molecule has 0 bridgehead atoms. The number of aromatic nitrogens is 5. The molecule has 0 spiro atoms. The number of alkyl halides is 3. The first-order valence-corrected chi connectivity index (χ1v) is 11.0. The van der Waals surface area contributed by atoms with Crippen LogP contribution < -0.4 is 15.0 Å². The van der Waals surface area contributed by atoms with Crippen LogP contribution in [-0.4, -0.2) is 50.3 Å². The number of anilines is 2. The second-order valence-corrected chi connectivity index (χ2v) is 8.13. The molecule has 4 rings (SSSR count). The van der Waals surface area contributed by atoms with Crippen molar-refractivity contribution in [1.29, 1.82) is 0 Å². The second kappa shape index (κ2) is 9.85. The maximum Gasteiger partial charge on any atom is 0.408 e. The molecule has 0 saturated heterocycles. The zero-order valence-electron chi connectivity index (χ0n) is 18.7. The van der Waals surface area contributed by atoms with E-state index in [0.29, 0.717) is 29.7 Å². The molecule has 1 saturated carbocycles. The predicted octanol–water partition coefficient (Wildman–Crippen LogP) is 4.57. The fraction of sp³-hybridized carbons (Fsp3) is 0.524. The molecule has 0 aliphatic heterocycles. The van der Waals surface area contributed by atoms with Crippen molar-refractivity contribution in [2.24, 2.45) is 5.92 Å². The van der Waals surface area contributed by atoms with Crippen molar-refractivity contribution in [3.63, 3.8) is 0 Å². The Morgan fingerprint density at radius 3 is 2.76 bits per heavy atom. The molecule has 0 radical (unpaired) electrons. The van der Waals surface area contributed by atoms with E-state index in [4.69, 9.17) is 9.15 Å². The number of rotatable bonds is 9.